The van der Waals surface area contributed by atoms with E-state index in [1.165, 1.54) is 11.8 Å². The summed E-state index contributed by atoms with van der Waals surface area (Å²) in [7, 11) is 0. The van der Waals surface area contributed by atoms with Crippen LogP contribution in [0.4, 0.5) is 5.82 Å². The number of benzene rings is 1. The molecule has 0 bridgehead atoms. The third-order valence-corrected chi connectivity index (χ3v) is 3.50. The molecule has 7 heteroatoms. The molecule has 2 aromatic rings. The second-order valence-corrected chi connectivity index (χ2v) is 5.50. The summed E-state index contributed by atoms with van der Waals surface area (Å²) in [6.45, 7) is 1.98. The monoisotopic (exact) mass is 320 g/mol. The molecule has 6 nitrogen and oxygen atoms in total. The van der Waals surface area contributed by atoms with Crippen LogP contribution in [-0.2, 0) is 20.9 Å². The van der Waals surface area contributed by atoms with E-state index < -0.39 is 0 Å². The zero-order valence-corrected chi connectivity index (χ0v) is 12.9. The first-order valence-corrected chi connectivity index (χ1v) is 7.79. The van der Waals surface area contributed by atoms with Crippen molar-refractivity contribution in [1.29, 1.82) is 0 Å². The van der Waals surface area contributed by atoms with Crippen molar-refractivity contribution in [1.82, 2.24) is 5.16 Å². The van der Waals surface area contributed by atoms with Crippen LogP contribution >= 0.6 is 11.8 Å². The molecule has 0 aliphatic heterocycles. The first-order chi connectivity index (χ1) is 10.6. The SMILES string of the molecule is Cc1cc(NC(=O)CSCC(=O)OCc2ccccc2)no1. The van der Waals surface area contributed by atoms with Crippen molar-refractivity contribution in [3.8, 4) is 0 Å². The third-order valence-electron chi connectivity index (χ3n) is 2.59. The molecule has 1 heterocycles. The molecular weight excluding hydrogens is 304 g/mol. The van der Waals surface area contributed by atoms with Crippen LogP contribution in [0.15, 0.2) is 40.9 Å². The normalized spacial score (nSPS) is 10.2. The van der Waals surface area contributed by atoms with Gasteiger partial charge in [-0.2, -0.15) is 0 Å². The molecule has 2 rings (SSSR count). The van der Waals surface area contributed by atoms with Crippen molar-refractivity contribution >= 4 is 29.5 Å². The van der Waals surface area contributed by atoms with Gasteiger partial charge in [0.2, 0.25) is 5.91 Å². The number of hydrogen-bond acceptors (Lipinski definition) is 6. The molecule has 0 atom stereocenters. The summed E-state index contributed by atoms with van der Waals surface area (Å²) in [6, 6.07) is 11.1. The summed E-state index contributed by atoms with van der Waals surface area (Å²) >= 11 is 1.19. The molecule has 0 fully saturated rings. The summed E-state index contributed by atoms with van der Waals surface area (Å²) in [4.78, 5) is 23.2. The van der Waals surface area contributed by atoms with Crippen molar-refractivity contribution in [2.24, 2.45) is 0 Å². The first kappa shape index (κ1) is 16.1. The Kier molecular flexibility index (Phi) is 6.02. The number of carbonyl (C=O) groups is 2. The second-order valence-electron chi connectivity index (χ2n) is 4.51. The number of nitrogens with zero attached hydrogens (tertiary/aromatic N) is 1. The van der Waals surface area contributed by atoms with E-state index in [0.29, 0.717) is 11.6 Å². The third kappa shape index (κ3) is 5.61. The fraction of sp³-hybridized carbons (Fsp3) is 0.267. The molecule has 22 heavy (non-hydrogen) atoms. The van der Waals surface area contributed by atoms with E-state index in [1.54, 1.807) is 13.0 Å². The summed E-state index contributed by atoms with van der Waals surface area (Å²) in [5.74, 6) is 0.667. The van der Waals surface area contributed by atoms with Gasteiger partial charge in [-0.15, -0.1) is 11.8 Å². The number of rotatable bonds is 7. The Balaban J connectivity index is 1.61. The topological polar surface area (TPSA) is 81.4 Å². The van der Waals surface area contributed by atoms with E-state index in [-0.39, 0.29) is 30.0 Å². The summed E-state index contributed by atoms with van der Waals surface area (Å²) in [6.07, 6.45) is 0. The van der Waals surface area contributed by atoms with Gasteiger partial charge in [0, 0.05) is 6.07 Å². The lowest BCUT2D eigenvalue weighted by Gasteiger charge is -2.04. The van der Waals surface area contributed by atoms with Crippen molar-refractivity contribution in [3.63, 3.8) is 0 Å². The second kappa shape index (κ2) is 8.23. The van der Waals surface area contributed by atoms with E-state index >= 15 is 0 Å². The zero-order valence-electron chi connectivity index (χ0n) is 12.1. The van der Waals surface area contributed by atoms with Gasteiger partial charge >= 0.3 is 5.97 Å². The maximum absolute atomic E-state index is 11.6. The molecule has 0 saturated carbocycles. The lowest BCUT2D eigenvalue weighted by atomic mass is 10.2. The Hall–Kier alpha value is -2.28. The van der Waals surface area contributed by atoms with Gasteiger partial charge in [-0.05, 0) is 12.5 Å². The summed E-state index contributed by atoms with van der Waals surface area (Å²) in [5, 5.41) is 6.23. The molecule has 116 valence electrons. The van der Waals surface area contributed by atoms with Crippen LogP contribution in [0.5, 0.6) is 0 Å². The van der Waals surface area contributed by atoms with Gasteiger partial charge in [-0.25, -0.2) is 0 Å². The van der Waals surface area contributed by atoms with Crippen LogP contribution in [0.2, 0.25) is 0 Å². The minimum Gasteiger partial charge on any atom is -0.460 e. The van der Waals surface area contributed by atoms with E-state index in [1.807, 2.05) is 30.3 Å². The van der Waals surface area contributed by atoms with Gasteiger partial charge in [-0.1, -0.05) is 35.5 Å². The van der Waals surface area contributed by atoms with Gasteiger partial charge in [0.05, 0.1) is 11.5 Å². The first-order valence-electron chi connectivity index (χ1n) is 6.64. The van der Waals surface area contributed by atoms with Crippen LogP contribution in [0.25, 0.3) is 0 Å². The smallest absolute Gasteiger partial charge is 0.316 e. The number of anilines is 1. The van der Waals surface area contributed by atoms with E-state index in [4.69, 9.17) is 9.26 Å². The van der Waals surface area contributed by atoms with Gasteiger partial charge in [0.15, 0.2) is 5.82 Å². The summed E-state index contributed by atoms with van der Waals surface area (Å²) < 4.78 is 9.95. The van der Waals surface area contributed by atoms with E-state index in [0.717, 1.165) is 5.56 Å². The standard InChI is InChI=1S/C15H16N2O4S/c1-11-7-13(17-21-11)16-14(18)9-22-10-15(19)20-8-12-5-3-2-4-6-12/h2-7H,8-10H2,1H3,(H,16,17,18). The van der Waals surface area contributed by atoms with Crippen molar-refractivity contribution in [2.75, 3.05) is 16.8 Å². The van der Waals surface area contributed by atoms with Crippen molar-refractivity contribution in [2.45, 2.75) is 13.5 Å². The predicted octanol–water partition coefficient (Wildman–Crippen LogP) is 2.40. The fourth-order valence-electron chi connectivity index (χ4n) is 1.61. The molecule has 0 aliphatic carbocycles. The molecule has 1 aromatic carbocycles. The lowest BCUT2D eigenvalue weighted by molar-refractivity contribution is -0.141. The number of esters is 1. The summed E-state index contributed by atoms with van der Waals surface area (Å²) in [5.41, 5.74) is 0.931. The number of hydrogen-bond donors (Lipinski definition) is 1. The van der Waals surface area contributed by atoms with E-state index in [2.05, 4.69) is 10.5 Å². The highest BCUT2D eigenvalue weighted by Crippen LogP contribution is 2.09. The molecule has 1 amide bonds. The van der Waals surface area contributed by atoms with Crippen LogP contribution < -0.4 is 5.32 Å². The lowest BCUT2D eigenvalue weighted by Crippen LogP contribution is -2.16. The van der Waals surface area contributed by atoms with Crippen molar-refractivity contribution < 1.29 is 18.8 Å². The molecule has 1 N–H and O–H groups in total. The number of aromatic nitrogens is 1. The highest BCUT2D eigenvalue weighted by molar-refractivity contribution is 8.00. The van der Waals surface area contributed by atoms with E-state index in [9.17, 15) is 9.59 Å². The number of amides is 1. The van der Waals surface area contributed by atoms with Gasteiger partial charge in [-0.3, -0.25) is 9.59 Å². The zero-order chi connectivity index (χ0) is 15.8. The Morgan fingerprint density at radius 2 is 2.05 bits per heavy atom. The van der Waals surface area contributed by atoms with Crippen LogP contribution in [-0.4, -0.2) is 28.5 Å². The maximum atomic E-state index is 11.6. The fourth-order valence-corrected chi connectivity index (χ4v) is 2.22. The van der Waals surface area contributed by atoms with Crippen molar-refractivity contribution in [3.05, 3.63) is 47.7 Å². The average Bonchev–Trinajstić information content (AvgIpc) is 2.91. The Morgan fingerprint density at radius 1 is 1.27 bits per heavy atom. The minimum atomic E-state index is -0.348. The molecular formula is C15H16N2O4S. The number of aryl methyl sites for hydroxylation is 1. The quantitative estimate of drug-likeness (QED) is 0.789. The minimum absolute atomic E-state index is 0.123. The molecule has 0 aliphatic rings. The molecule has 0 radical (unpaired) electrons. The van der Waals surface area contributed by atoms with Crippen LogP contribution in [0.1, 0.15) is 11.3 Å². The Labute approximate surface area is 132 Å². The molecule has 1 aromatic heterocycles. The highest BCUT2D eigenvalue weighted by Gasteiger charge is 2.09. The Bertz CT molecular complexity index is 627. The largest absolute Gasteiger partial charge is 0.460 e. The number of ether oxygens (including phenoxy) is 1. The predicted molar refractivity (Wildman–Crippen MR) is 83.4 cm³/mol. The number of thioether (sulfide) groups is 1. The molecule has 0 saturated heterocycles. The van der Waals surface area contributed by atoms with Gasteiger partial charge in [0.25, 0.3) is 0 Å². The molecule has 0 unspecified atom stereocenters. The van der Waals surface area contributed by atoms with Gasteiger partial charge < -0.3 is 14.6 Å². The molecule has 0 spiro atoms. The number of carbonyl (C=O) groups excluding carboxylic acids is 2. The van der Waals surface area contributed by atoms with Crippen LogP contribution in [0.3, 0.4) is 0 Å². The highest BCUT2D eigenvalue weighted by atomic mass is 32.2. The number of nitrogens with one attached hydrogen (secondary N) is 1. The Morgan fingerprint density at radius 3 is 2.73 bits per heavy atom. The average molecular weight is 320 g/mol. The maximum Gasteiger partial charge on any atom is 0.316 e. The van der Waals surface area contributed by atoms with Gasteiger partial charge in [0.1, 0.15) is 12.4 Å². The van der Waals surface area contributed by atoms with Crippen LogP contribution in [0, 0.1) is 6.92 Å².